The molecule has 1 unspecified atom stereocenters. The second-order valence-electron chi connectivity index (χ2n) is 5.40. The van der Waals surface area contributed by atoms with E-state index in [-0.39, 0.29) is 11.9 Å². The number of halogens is 1. The number of hydrogen-bond acceptors (Lipinski definition) is 2. The lowest BCUT2D eigenvalue weighted by molar-refractivity contribution is 0.0976. The molecule has 2 aromatic rings. The molecule has 0 fully saturated rings. The van der Waals surface area contributed by atoms with Gasteiger partial charge in [-0.1, -0.05) is 35.9 Å². The van der Waals surface area contributed by atoms with Gasteiger partial charge in [0.05, 0.1) is 10.6 Å². The molecule has 1 heterocycles. The van der Waals surface area contributed by atoms with E-state index in [9.17, 15) is 4.79 Å². The third-order valence-electron chi connectivity index (χ3n) is 4.00. The van der Waals surface area contributed by atoms with E-state index in [1.165, 1.54) is 5.56 Å². The first kappa shape index (κ1) is 14.0. The smallest absolute Gasteiger partial charge is 0.262 e. The highest BCUT2D eigenvalue weighted by atomic mass is 35.5. The summed E-state index contributed by atoms with van der Waals surface area (Å²) < 4.78 is 0. The Morgan fingerprint density at radius 2 is 2.00 bits per heavy atom. The molecule has 2 aromatic carbocycles. The van der Waals surface area contributed by atoms with Crippen molar-refractivity contribution < 1.29 is 4.79 Å². The summed E-state index contributed by atoms with van der Waals surface area (Å²) in [4.78, 5) is 14.8. The fourth-order valence-corrected chi connectivity index (χ4v) is 3.15. The summed E-state index contributed by atoms with van der Waals surface area (Å²) in [5, 5.41) is 0.398. The molecule has 108 valence electrons. The Kier molecular flexibility index (Phi) is 3.60. The van der Waals surface area contributed by atoms with E-state index in [1.807, 2.05) is 23.1 Å². The molecule has 2 N–H and O–H groups in total. The maximum Gasteiger partial charge on any atom is 0.262 e. The van der Waals surface area contributed by atoms with Gasteiger partial charge in [-0.05, 0) is 43.5 Å². The van der Waals surface area contributed by atoms with E-state index in [0.29, 0.717) is 16.3 Å². The van der Waals surface area contributed by atoms with Crippen LogP contribution in [0.4, 0.5) is 11.4 Å². The van der Waals surface area contributed by atoms with Crippen LogP contribution < -0.4 is 10.6 Å². The SMILES string of the molecule is CC1CCc2ccccc2N1C(=O)c1c(N)cccc1Cl. The minimum absolute atomic E-state index is 0.127. The molecule has 0 saturated carbocycles. The number of nitrogens with zero attached hydrogens (tertiary/aromatic N) is 1. The zero-order valence-electron chi connectivity index (χ0n) is 11.8. The van der Waals surface area contributed by atoms with Crippen LogP contribution in [-0.2, 0) is 6.42 Å². The van der Waals surface area contributed by atoms with E-state index >= 15 is 0 Å². The molecule has 0 aliphatic carbocycles. The van der Waals surface area contributed by atoms with E-state index < -0.39 is 0 Å². The van der Waals surface area contributed by atoms with Crippen molar-refractivity contribution in [3.8, 4) is 0 Å². The minimum atomic E-state index is -0.127. The molecule has 21 heavy (non-hydrogen) atoms. The summed E-state index contributed by atoms with van der Waals surface area (Å²) in [5.74, 6) is -0.127. The number of benzene rings is 2. The number of nitrogens with two attached hydrogens (primary N) is 1. The molecule has 0 saturated heterocycles. The largest absolute Gasteiger partial charge is 0.398 e. The summed E-state index contributed by atoms with van der Waals surface area (Å²) in [6.07, 6.45) is 1.92. The zero-order valence-corrected chi connectivity index (χ0v) is 12.6. The van der Waals surface area contributed by atoms with E-state index in [2.05, 4.69) is 13.0 Å². The third-order valence-corrected chi connectivity index (χ3v) is 4.32. The van der Waals surface area contributed by atoms with Crippen molar-refractivity contribution in [3.63, 3.8) is 0 Å². The van der Waals surface area contributed by atoms with Gasteiger partial charge in [-0.25, -0.2) is 0 Å². The molecular formula is C17H17ClN2O. The summed E-state index contributed by atoms with van der Waals surface area (Å²) in [6.45, 7) is 2.06. The van der Waals surface area contributed by atoms with Gasteiger partial charge in [0.1, 0.15) is 0 Å². The van der Waals surface area contributed by atoms with Gasteiger partial charge in [0.15, 0.2) is 0 Å². The average molecular weight is 301 g/mol. The number of nitrogen functional groups attached to an aromatic ring is 1. The first-order valence-corrected chi connectivity index (χ1v) is 7.43. The second-order valence-corrected chi connectivity index (χ2v) is 5.80. The molecule has 4 heteroatoms. The fraction of sp³-hybridized carbons (Fsp3) is 0.235. The molecule has 1 atom stereocenters. The number of carbonyl (C=O) groups is 1. The van der Waals surface area contributed by atoms with Crippen molar-refractivity contribution in [2.75, 3.05) is 10.6 Å². The Labute approximate surface area is 129 Å². The van der Waals surface area contributed by atoms with Crippen LogP contribution in [0, 0.1) is 0 Å². The highest BCUT2D eigenvalue weighted by molar-refractivity contribution is 6.35. The van der Waals surface area contributed by atoms with Crippen molar-refractivity contribution in [2.45, 2.75) is 25.8 Å². The van der Waals surface area contributed by atoms with Crippen molar-refractivity contribution >= 4 is 28.9 Å². The molecule has 0 spiro atoms. The normalized spacial score (nSPS) is 17.4. The molecule has 0 aromatic heterocycles. The molecule has 1 amide bonds. The number of amides is 1. The van der Waals surface area contributed by atoms with Crippen molar-refractivity contribution in [1.29, 1.82) is 0 Å². The lowest BCUT2D eigenvalue weighted by Gasteiger charge is -2.35. The van der Waals surface area contributed by atoms with Crippen LogP contribution in [0.1, 0.15) is 29.3 Å². The van der Waals surface area contributed by atoms with Gasteiger partial charge in [-0.3, -0.25) is 4.79 Å². The Balaban J connectivity index is 2.09. The Hall–Kier alpha value is -2.00. The van der Waals surface area contributed by atoms with Crippen LogP contribution in [0.5, 0.6) is 0 Å². The van der Waals surface area contributed by atoms with Gasteiger partial charge in [0, 0.05) is 17.4 Å². The van der Waals surface area contributed by atoms with Gasteiger partial charge >= 0.3 is 0 Å². The van der Waals surface area contributed by atoms with Crippen molar-refractivity contribution in [2.24, 2.45) is 0 Å². The first-order valence-electron chi connectivity index (χ1n) is 7.05. The first-order chi connectivity index (χ1) is 10.1. The van der Waals surface area contributed by atoms with Crippen LogP contribution in [-0.4, -0.2) is 11.9 Å². The van der Waals surface area contributed by atoms with Crippen molar-refractivity contribution in [1.82, 2.24) is 0 Å². The molecule has 0 radical (unpaired) electrons. The number of rotatable bonds is 1. The molecule has 3 rings (SSSR count). The Bertz CT molecular complexity index is 679. The highest BCUT2D eigenvalue weighted by Crippen LogP contribution is 2.34. The van der Waals surface area contributed by atoms with E-state index in [1.54, 1.807) is 18.2 Å². The monoisotopic (exact) mass is 300 g/mol. The van der Waals surface area contributed by atoms with Gasteiger partial charge in [-0.15, -0.1) is 0 Å². The van der Waals surface area contributed by atoms with Crippen molar-refractivity contribution in [3.05, 3.63) is 58.6 Å². The zero-order chi connectivity index (χ0) is 15.0. The lowest BCUT2D eigenvalue weighted by atomic mass is 9.95. The van der Waals surface area contributed by atoms with Gasteiger partial charge in [0.25, 0.3) is 5.91 Å². The number of para-hydroxylation sites is 1. The van der Waals surface area contributed by atoms with Crippen LogP contribution in [0.15, 0.2) is 42.5 Å². The second kappa shape index (κ2) is 5.41. The fourth-order valence-electron chi connectivity index (χ4n) is 2.88. The Morgan fingerprint density at radius 1 is 1.24 bits per heavy atom. The van der Waals surface area contributed by atoms with Crippen LogP contribution in [0.2, 0.25) is 5.02 Å². The number of carbonyl (C=O) groups excluding carboxylic acids is 1. The molecule has 1 aliphatic rings. The molecule has 0 bridgehead atoms. The molecule has 1 aliphatic heterocycles. The number of fused-ring (bicyclic) bond motifs is 1. The van der Waals surface area contributed by atoms with Crippen LogP contribution in [0.25, 0.3) is 0 Å². The number of hydrogen-bond donors (Lipinski definition) is 1. The predicted octanol–water partition coefficient (Wildman–Crippen LogP) is 3.90. The van der Waals surface area contributed by atoms with E-state index in [0.717, 1.165) is 18.5 Å². The topological polar surface area (TPSA) is 46.3 Å². The maximum atomic E-state index is 13.0. The van der Waals surface area contributed by atoms with Crippen LogP contribution >= 0.6 is 11.6 Å². The van der Waals surface area contributed by atoms with Gasteiger partial charge in [0.2, 0.25) is 0 Å². The molecular weight excluding hydrogens is 284 g/mol. The van der Waals surface area contributed by atoms with Crippen LogP contribution in [0.3, 0.4) is 0 Å². The van der Waals surface area contributed by atoms with Gasteiger partial charge in [-0.2, -0.15) is 0 Å². The number of aryl methyl sites for hydroxylation is 1. The summed E-state index contributed by atoms with van der Waals surface area (Å²) in [7, 11) is 0. The summed E-state index contributed by atoms with van der Waals surface area (Å²) >= 11 is 6.19. The third kappa shape index (κ3) is 2.38. The average Bonchev–Trinajstić information content (AvgIpc) is 2.46. The molecule has 3 nitrogen and oxygen atoms in total. The maximum absolute atomic E-state index is 13.0. The highest BCUT2D eigenvalue weighted by Gasteiger charge is 2.30. The lowest BCUT2D eigenvalue weighted by Crippen LogP contribution is -2.42. The number of anilines is 2. The van der Waals surface area contributed by atoms with Gasteiger partial charge < -0.3 is 10.6 Å². The standard InChI is InChI=1S/C17H17ClN2O/c1-11-9-10-12-5-2-3-8-15(12)20(11)17(21)16-13(18)6-4-7-14(16)19/h2-8,11H,9-10,19H2,1H3. The quantitative estimate of drug-likeness (QED) is 0.812. The predicted molar refractivity (Wildman–Crippen MR) is 86.9 cm³/mol. The minimum Gasteiger partial charge on any atom is -0.398 e. The van der Waals surface area contributed by atoms with E-state index in [4.69, 9.17) is 17.3 Å². The summed E-state index contributed by atoms with van der Waals surface area (Å²) in [6, 6.07) is 13.3. The summed E-state index contributed by atoms with van der Waals surface area (Å²) in [5.41, 5.74) is 8.92. The Morgan fingerprint density at radius 3 is 2.76 bits per heavy atom.